The first-order valence-corrected chi connectivity index (χ1v) is 12.7. The molecule has 1 saturated heterocycles. The van der Waals surface area contributed by atoms with Gasteiger partial charge in [-0.15, -0.1) is 11.8 Å². The largest absolute Gasteiger partial charge is 0.326 e. The Labute approximate surface area is 210 Å². The Hall–Kier alpha value is -3.83. The number of anilines is 1. The summed E-state index contributed by atoms with van der Waals surface area (Å²) in [4.78, 5) is 27.5. The molecule has 5 heteroatoms. The van der Waals surface area contributed by atoms with E-state index in [2.05, 4.69) is 17.4 Å². The summed E-state index contributed by atoms with van der Waals surface area (Å²) in [7, 11) is 0. The topological polar surface area (TPSA) is 49.4 Å². The van der Waals surface area contributed by atoms with Crippen LogP contribution in [0.4, 0.5) is 5.69 Å². The van der Waals surface area contributed by atoms with Gasteiger partial charge in [-0.1, -0.05) is 91.0 Å². The van der Waals surface area contributed by atoms with Crippen molar-refractivity contribution in [1.29, 1.82) is 0 Å². The van der Waals surface area contributed by atoms with Crippen LogP contribution in [-0.4, -0.2) is 29.0 Å². The molecule has 1 aliphatic rings. The van der Waals surface area contributed by atoms with E-state index >= 15 is 0 Å². The lowest BCUT2D eigenvalue weighted by Gasteiger charge is -2.24. The molecule has 1 fully saturated rings. The lowest BCUT2D eigenvalue weighted by atomic mass is 10.0. The number of para-hydroxylation sites is 1. The third-order valence-electron chi connectivity index (χ3n) is 6.17. The number of carbonyl (C=O) groups excluding carboxylic acids is 2. The van der Waals surface area contributed by atoms with Gasteiger partial charge in [0.2, 0.25) is 5.91 Å². The first-order chi connectivity index (χ1) is 17.2. The van der Waals surface area contributed by atoms with Crippen molar-refractivity contribution in [3.8, 4) is 11.1 Å². The Kier molecular flexibility index (Phi) is 6.96. The zero-order chi connectivity index (χ0) is 24.0. The molecule has 4 aromatic carbocycles. The van der Waals surface area contributed by atoms with Gasteiger partial charge in [-0.3, -0.25) is 9.59 Å². The highest BCUT2D eigenvalue weighted by Crippen LogP contribution is 2.38. The second-order valence-electron chi connectivity index (χ2n) is 8.47. The normalized spacial score (nSPS) is 15.3. The molecule has 0 spiro atoms. The molecule has 0 radical (unpaired) electrons. The Morgan fingerprint density at radius 3 is 2.23 bits per heavy atom. The van der Waals surface area contributed by atoms with E-state index in [9.17, 15) is 9.59 Å². The first-order valence-electron chi connectivity index (χ1n) is 11.7. The number of rotatable bonds is 7. The Bertz CT molecular complexity index is 1310. The van der Waals surface area contributed by atoms with E-state index in [4.69, 9.17) is 0 Å². The number of hydrogen-bond donors (Lipinski definition) is 1. The summed E-state index contributed by atoms with van der Waals surface area (Å²) < 4.78 is 0. The quantitative estimate of drug-likeness (QED) is 0.333. The first kappa shape index (κ1) is 22.9. The third kappa shape index (κ3) is 5.31. The molecular formula is C30H26N2O2S. The summed E-state index contributed by atoms with van der Waals surface area (Å²) in [6.45, 7) is 0.680. The monoisotopic (exact) mass is 478 g/mol. The van der Waals surface area contributed by atoms with Gasteiger partial charge in [-0.2, -0.15) is 0 Å². The van der Waals surface area contributed by atoms with E-state index in [1.54, 1.807) is 11.8 Å². The fourth-order valence-corrected chi connectivity index (χ4v) is 5.54. The highest BCUT2D eigenvalue weighted by molar-refractivity contribution is 8.00. The predicted molar refractivity (Wildman–Crippen MR) is 143 cm³/mol. The van der Waals surface area contributed by atoms with Gasteiger partial charge in [0.25, 0.3) is 5.91 Å². The van der Waals surface area contributed by atoms with Crippen LogP contribution < -0.4 is 5.32 Å². The van der Waals surface area contributed by atoms with Gasteiger partial charge in [0.05, 0.1) is 5.75 Å². The molecule has 0 unspecified atom stereocenters. The minimum Gasteiger partial charge on any atom is -0.326 e. The molecule has 1 N–H and O–H groups in total. The Morgan fingerprint density at radius 1 is 0.829 bits per heavy atom. The second-order valence-corrected chi connectivity index (χ2v) is 9.54. The van der Waals surface area contributed by atoms with Crippen LogP contribution in [0.25, 0.3) is 11.1 Å². The van der Waals surface area contributed by atoms with Crippen molar-refractivity contribution in [2.75, 3.05) is 17.6 Å². The minimum absolute atomic E-state index is 0.0258. The number of amides is 2. The number of nitrogens with one attached hydrogen (secondary N) is 1. The smallest absolute Gasteiger partial charge is 0.255 e. The zero-order valence-corrected chi connectivity index (χ0v) is 20.1. The Balaban J connectivity index is 1.28. The van der Waals surface area contributed by atoms with Crippen molar-refractivity contribution < 1.29 is 9.59 Å². The molecule has 0 aliphatic carbocycles. The SMILES string of the molecule is O=C(Nc1ccccc1-c1ccccc1)c1ccc([C@H]2SCC(=O)N2CCc2ccccc2)cc1. The van der Waals surface area contributed by atoms with Gasteiger partial charge in [-0.25, -0.2) is 0 Å². The summed E-state index contributed by atoms with van der Waals surface area (Å²) in [5, 5.41) is 3.03. The fourth-order valence-electron chi connectivity index (χ4n) is 4.32. The summed E-state index contributed by atoms with van der Waals surface area (Å²) in [5.74, 6) is 0.490. The van der Waals surface area contributed by atoms with Crippen molar-refractivity contribution in [3.05, 3.63) is 126 Å². The van der Waals surface area contributed by atoms with Crippen LogP contribution in [0.3, 0.4) is 0 Å². The van der Waals surface area contributed by atoms with Crippen LogP contribution in [0.5, 0.6) is 0 Å². The molecule has 2 amide bonds. The standard InChI is InChI=1S/C30H26N2O2S/c33-28-21-35-30(32(28)20-19-22-9-3-1-4-10-22)25-17-15-24(16-18-25)29(34)31-27-14-8-7-13-26(27)23-11-5-2-6-12-23/h1-18,30H,19-21H2,(H,31,34)/t30-/m1/s1. The summed E-state index contributed by atoms with van der Waals surface area (Å²) in [6, 6.07) is 35.7. The average Bonchev–Trinajstić information content (AvgIpc) is 3.29. The van der Waals surface area contributed by atoms with Crippen LogP contribution in [0, 0.1) is 0 Å². The summed E-state index contributed by atoms with van der Waals surface area (Å²) in [5.41, 5.74) is 5.65. The van der Waals surface area contributed by atoms with Gasteiger partial charge in [-0.05, 0) is 41.3 Å². The van der Waals surface area contributed by atoms with Crippen molar-refractivity contribution >= 4 is 29.3 Å². The predicted octanol–water partition coefficient (Wildman–Crippen LogP) is 6.42. The zero-order valence-electron chi connectivity index (χ0n) is 19.3. The molecule has 174 valence electrons. The van der Waals surface area contributed by atoms with Gasteiger partial charge in [0, 0.05) is 23.4 Å². The highest BCUT2D eigenvalue weighted by Gasteiger charge is 2.32. The van der Waals surface area contributed by atoms with Crippen LogP contribution >= 0.6 is 11.8 Å². The lowest BCUT2D eigenvalue weighted by molar-refractivity contribution is -0.128. The van der Waals surface area contributed by atoms with Gasteiger partial charge >= 0.3 is 0 Å². The number of thioether (sulfide) groups is 1. The maximum atomic E-state index is 13.0. The molecule has 1 heterocycles. The number of nitrogens with zero attached hydrogens (tertiary/aromatic N) is 1. The third-order valence-corrected chi connectivity index (χ3v) is 7.43. The maximum Gasteiger partial charge on any atom is 0.255 e. The average molecular weight is 479 g/mol. The van der Waals surface area contributed by atoms with E-state index in [1.165, 1.54) is 5.56 Å². The molecule has 0 aromatic heterocycles. The van der Waals surface area contributed by atoms with E-state index in [0.29, 0.717) is 17.9 Å². The fraction of sp³-hybridized carbons (Fsp3) is 0.133. The van der Waals surface area contributed by atoms with Crippen LogP contribution in [0.2, 0.25) is 0 Å². The molecule has 0 bridgehead atoms. The molecular weight excluding hydrogens is 452 g/mol. The van der Waals surface area contributed by atoms with E-state index in [-0.39, 0.29) is 17.2 Å². The molecule has 1 aliphatic heterocycles. The number of carbonyl (C=O) groups is 2. The van der Waals surface area contributed by atoms with Crippen molar-refractivity contribution in [3.63, 3.8) is 0 Å². The maximum absolute atomic E-state index is 13.0. The van der Waals surface area contributed by atoms with Gasteiger partial charge < -0.3 is 10.2 Å². The number of benzene rings is 4. The molecule has 4 nitrogen and oxygen atoms in total. The Morgan fingerprint density at radius 2 is 1.49 bits per heavy atom. The lowest BCUT2D eigenvalue weighted by Crippen LogP contribution is -2.30. The molecule has 5 rings (SSSR count). The molecule has 35 heavy (non-hydrogen) atoms. The van der Waals surface area contributed by atoms with Crippen molar-refractivity contribution in [2.24, 2.45) is 0 Å². The van der Waals surface area contributed by atoms with Gasteiger partial charge in [0.15, 0.2) is 0 Å². The van der Waals surface area contributed by atoms with Gasteiger partial charge in [0.1, 0.15) is 5.37 Å². The van der Waals surface area contributed by atoms with Crippen LogP contribution in [0.1, 0.15) is 26.9 Å². The summed E-state index contributed by atoms with van der Waals surface area (Å²) >= 11 is 1.64. The minimum atomic E-state index is -0.156. The highest BCUT2D eigenvalue weighted by atomic mass is 32.2. The van der Waals surface area contributed by atoms with E-state index < -0.39 is 0 Å². The van der Waals surface area contributed by atoms with Crippen molar-refractivity contribution in [2.45, 2.75) is 11.8 Å². The van der Waals surface area contributed by atoms with E-state index in [0.717, 1.165) is 28.8 Å². The summed E-state index contributed by atoms with van der Waals surface area (Å²) in [6.07, 6.45) is 0.824. The van der Waals surface area contributed by atoms with E-state index in [1.807, 2.05) is 102 Å². The second kappa shape index (κ2) is 10.6. The molecule has 1 atom stereocenters. The molecule has 4 aromatic rings. The number of hydrogen-bond acceptors (Lipinski definition) is 3. The van der Waals surface area contributed by atoms with Crippen molar-refractivity contribution in [1.82, 2.24) is 4.90 Å². The molecule has 0 saturated carbocycles. The van der Waals surface area contributed by atoms with Crippen LogP contribution in [0.15, 0.2) is 109 Å². The van der Waals surface area contributed by atoms with Crippen LogP contribution in [-0.2, 0) is 11.2 Å².